The fraction of sp³-hybridized carbons (Fsp3) is 0.650. The molecule has 1 heterocycles. The van der Waals surface area contributed by atoms with Gasteiger partial charge < -0.3 is 9.84 Å². The van der Waals surface area contributed by atoms with Crippen molar-refractivity contribution < 1.29 is 14.6 Å². The van der Waals surface area contributed by atoms with Crippen LogP contribution in [0.25, 0.3) is 0 Å². The lowest BCUT2D eigenvalue weighted by Gasteiger charge is -1.91. The molecule has 0 aromatic heterocycles. The van der Waals surface area contributed by atoms with E-state index in [1.54, 1.807) is 0 Å². The zero-order chi connectivity index (χ0) is 16.8. The van der Waals surface area contributed by atoms with Gasteiger partial charge in [0.15, 0.2) is 0 Å². The second-order valence-electron chi connectivity index (χ2n) is 6.12. The minimum atomic E-state index is -0.716. The monoisotopic (exact) mass is 320 g/mol. The van der Waals surface area contributed by atoms with Gasteiger partial charge in [0.2, 0.25) is 0 Å². The van der Waals surface area contributed by atoms with E-state index in [2.05, 4.69) is 43.4 Å². The van der Waals surface area contributed by atoms with Crippen LogP contribution in [0.15, 0.2) is 36.5 Å². The maximum absolute atomic E-state index is 10.4. The van der Waals surface area contributed by atoms with Gasteiger partial charge in [-0.2, -0.15) is 0 Å². The van der Waals surface area contributed by atoms with Crippen LogP contribution in [-0.4, -0.2) is 23.3 Å². The second-order valence-corrected chi connectivity index (χ2v) is 6.12. The fourth-order valence-corrected chi connectivity index (χ4v) is 2.44. The maximum atomic E-state index is 10.4. The molecule has 0 bridgehead atoms. The first kappa shape index (κ1) is 19.7. The summed E-state index contributed by atoms with van der Waals surface area (Å²) in [6.07, 6.45) is 23.8. The lowest BCUT2D eigenvalue weighted by molar-refractivity contribution is -0.137. The van der Waals surface area contributed by atoms with Crippen LogP contribution in [0.4, 0.5) is 0 Å². The molecule has 130 valence electrons. The fourth-order valence-electron chi connectivity index (χ4n) is 2.44. The van der Waals surface area contributed by atoms with E-state index < -0.39 is 5.97 Å². The molecule has 1 fully saturated rings. The number of epoxide rings is 1. The molecule has 0 unspecified atom stereocenters. The first-order valence-electron chi connectivity index (χ1n) is 9.06. The van der Waals surface area contributed by atoms with Crippen LogP contribution in [0.5, 0.6) is 0 Å². The van der Waals surface area contributed by atoms with E-state index >= 15 is 0 Å². The molecule has 0 amide bonds. The van der Waals surface area contributed by atoms with Crippen molar-refractivity contribution in [1.82, 2.24) is 0 Å². The van der Waals surface area contributed by atoms with Gasteiger partial charge in [-0.1, -0.05) is 56.2 Å². The van der Waals surface area contributed by atoms with E-state index in [1.807, 2.05) is 0 Å². The maximum Gasteiger partial charge on any atom is 0.303 e. The number of rotatable bonds is 14. The van der Waals surface area contributed by atoms with E-state index in [4.69, 9.17) is 9.84 Å². The Balaban J connectivity index is 1.93. The number of unbranched alkanes of at least 4 members (excludes halogenated alkanes) is 4. The SMILES string of the molecule is CCCCC/C=C/C/C=C\C[C@H]1O[C@H]1C/C=C\CCCC(=O)O. The Morgan fingerprint density at radius 3 is 2.22 bits per heavy atom. The molecule has 0 radical (unpaired) electrons. The second kappa shape index (κ2) is 13.1. The topological polar surface area (TPSA) is 49.8 Å². The van der Waals surface area contributed by atoms with E-state index in [9.17, 15) is 4.79 Å². The average molecular weight is 320 g/mol. The first-order valence-corrected chi connectivity index (χ1v) is 9.06. The number of carbonyl (C=O) groups is 1. The average Bonchev–Trinajstić information content (AvgIpc) is 3.27. The molecule has 1 aliphatic rings. The molecule has 0 saturated carbocycles. The van der Waals surface area contributed by atoms with Gasteiger partial charge in [-0.3, -0.25) is 4.79 Å². The Hall–Kier alpha value is -1.35. The zero-order valence-corrected chi connectivity index (χ0v) is 14.5. The summed E-state index contributed by atoms with van der Waals surface area (Å²) in [6, 6.07) is 0. The molecule has 3 nitrogen and oxygen atoms in total. The van der Waals surface area contributed by atoms with E-state index in [-0.39, 0.29) is 6.42 Å². The minimum Gasteiger partial charge on any atom is -0.481 e. The molecular formula is C20H32O3. The van der Waals surface area contributed by atoms with Crippen molar-refractivity contribution in [2.75, 3.05) is 0 Å². The molecule has 1 aliphatic heterocycles. The predicted octanol–water partition coefficient (Wildman–Crippen LogP) is 5.43. The van der Waals surface area contributed by atoms with Crippen LogP contribution < -0.4 is 0 Å². The van der Waals surface area contributed by atoms with Gasteiger partial charge in [0.05, 0.1) is 12.2 Å². The van der Waals surface area contributed by atoms with E-state index in [1.165, 1.54) is 25.7 Å². The highest BCUT2D eigenvalue weighted by molar-refractivity contribution is 5.66. The van der Waals surface area contributed by atoms with Gasteiger partial charge in [0, 0.05) is 6.42 Å². The largest absolute Gasteiger partial charge is 0.481 e. The van der Waals surface area contributed by atoms with Crippen molar-refractivity contribution in [3.63, 3.8) is 0 Å². The molecule has 1 saturated heterocycles. The molecular weight excluding hydrogens is 288 g/mol. The summed E-state index contributed by atoms with van der Waals surface area (Å²) in [7, 11) is 0. The third-order valence-electron chi connectivity index (χ3n) is 3.93. The van der Waals surface area contributed by atoms with Crippen molar-refractivity contribution in [2.45, 2.75) is 83.3 Å². The summed E-state index contributed by atoms with van der Waals surface area (Å²) < 4.78 is 5.62. The lowest BCUT2D eigenvalue weighted by atomic mass is 10.1. The van der Waals surface area contributed by atoms with Crippen LogP contribution >= 0.6 is 0 Å². The summed E-state index contributed by atoms with van der Waals surface area (Å²) in [5.41, 5.74) is 0. The van der Waals surface area contributed by atoms with Gasteiger partial charge in [0.1, 0.15) is 0 Å². The summed E-state index contributed by atoms with van der Waals surface area (Å²) in [6.45, 7) is 2.23. The van der Waals surface area contributed by atoms with Gasteiger partial charge in [-0.05, 0) is 44.9 Å². The normalized spacial score (nSPS) is 20.9. The molecule has 2 atom stereocenters. The molecule has 0 aromatic rings. The highest BCUT2D eigenvalue weighted by Crippen LogP contribution is 2.29. The van der Waals surface area contributed by atoms with Crippen LogP contribution in [0.2, 0.25) is 0 Å². The lowest BCUT2D eigenvalue weighted by Crippen LogP contribution is -1.93. The number of hydrogen-bond donors (Lipinski definition) is 1. The van der Waals surface area contributed by atoms with Gasteiger partial charge in [0.25, 0.3) is 0 Å². The summed E-state index contributed by atoms with van der Waals surface area (Å²) in [5.74, 6) is -0.716. The Labute approximate surface area is 141 Å². The highest BCUT2D eigenvalue weighted by atomic mass is 16.6. The molecule has 23 heavy (non-hydrogen) atoms. The van der Waals surface area contributed by atoms with Gasteiger partial charge in [-0.25, -0.2) is 0 Å². The Morgan fingerprint density at radius 2 is 1.52 bits per heavy atom. The molecule has 1 rings (SSSR count). The van der Waals surface area contributed by atoms with Gasteiger partial charge >= 0.3 is 5.97 Å². The molecule has 0 aromatic carbocycles. The Morgan fingerprint density at radius 1 is 0.913 bits per heavy atom. The number of carboxylic acid groups (broad SMARTS) is 1. The number of aliphatic carboxylic acids is 1. The standard InChI is InChI=1S/C20H32O3/c1-2-3-4-5-6-7-8-9-12-15-18-19(23-18)16-13-10-11-14-17-20(21)22/h6-7,9-10,12-13,18-19H,2-5,8,11,14-17H2,1H3,(H,21,22)/b7-6+,12-9-,13-10-/t18-,19+/m1/s1. The van der Waals surface area contributed by atoms with Crippen LogP contribution in [0, 0.1) is 0 Å². The number of ether oxygens (including phenoxy) is 1. The summed E-state index contributed by atoms with van der Waals surface area (Å²) >= 11 is 0. The number of hydrogen-bond acceptors (Lipinski definition) is 2. The molecule has 3 heteroatoms. The van der Waals surface area contributed by atoms with Crippen molar-refractivity contribution in [3.8, 4) is 0 Å². The predicted molar refractivity (Wildman–Crippen MR) is 95.6 cm³/mol. The first-order chi connectivity index (χ1) is 11.2. The molecule has 0 aliphatic carbocycles. The van der Waals surface area contributed by atoms with Crippen molar-refractivity contribution in [2.24, 2.45) is 0 Å². The third-order valence-corrected chi connectivity index (χ3v) is 3.93. The smallest absolute Gasteiger partial charge is 0.303 e. The van der Waals surface area contributed by atoms with Gasteiger partial charge in [-0.15, -0.1) is 0 Å². The summed E-state index contributed by atoms with van der Waals surface area (Å²) in [4.78, 5) is 10.4. The van der Waals surface area contributed by atoms with Crippen molar-refractivity contribution in [1.29, 1.82) is 0 Å². The Kier molecular flexibility index (Phi) is 11.2. The minimum absolute atomic E-state index is 0.255. The zero-order valence-electron chi connectivity index (χ0n) is 14.5. The van der Waals surface area contributed by atoms with Crippen LogP contribution in [0.1, 0.15) is 71.1 Å². The highest BCUT2D eigenvalue weighted by Gasteiger charge is 2.35. The van der Waals surface area contributed by atoms with E-state index in [0.29, 0.717) is 12.2 Å². The van der Waals surface area contributed by atoms with Crippen LogP contribution in [0.3, 0.4) is 0 Å². The third kappa shape index (κ3) is 11.8. The van der Waals surface area contributed by atoms with Crippen molar-refractivity contribution >= 4 is 5.97 Å². The quantitative estimate of drug-likeness (QED) is 0.264. The summed E-state index contributed by atoms with van der Waals surface area (Å²) in [5, 5.41) is 8.53. The van der Waals surface area contributed by atoms with E-state index in [0.717, 1.165) is 32.1 Å². The number of allylic oxidation sites excluding steroid dienone is 4. The Bertz CT molecular complexity index is 396. The van der Waals surface area contributed by atoms with Crippen LogP contribution in [-0.2, 0) is 9.53 Å². The molecule has 0 spiro atoms. The van der Waals surface area contributed by atoms with Crippen molar-refractivity contribution in [3.05, 3.63) is 36.5 Å². The molecule has 1 N–H and O–H groups in total. The number of carboxylic acids is 1.